The van der Waals surface area contributed by atoms with E-state index in [1.807, 2.05) is 25.8 Å². The maximum absolute atomic E-state index is 12.3. The predicted octanol–water partition coefficient (Wildman–Crippen LogP) is 2.29. The maximum Gasteiger partial charge on any atom is 0.242 e. The predicted molar refractivity (Wildman–Crippen MR) is 67.1 cm³/mol. The first-order chi connectivity index (χ1) is 7.55. The van der Waals surface area contributed by atoms with Crippen molar-refractivity contribution in [1.29, 1.82) is 0 Å². The fourth-order valence-electron chi connectivity index (χ4n) is 2.54. The van der Waals surface area contributed by atoms with Gasteiger partial charge in [-0.1, -0.05) is 33.1 Å². The Labute approximate surface area is 99.4 Å². The van der Waals surface area contributed by atoms with Crippen molar-refractivity contribution in [2.75, 3.05) is 7.05 Å². The molecule has 3 nitrogen and oxygen atoms in total. The lowest BCUT2D eigenvalue weighted by Gasteiger charge is -2.37. The van der Waals surface area contributed by atoms with Gasteiger partial charge in [-0.2, -0.15) is 0 Å². The van der Waals surface area contributed by atoms with Crippen molar-refractivity contribution in [1.82, 2.24) is 4.90 Å². The van der Waals surface area contributed by atoms with Crippen LogP contribution in [0.1, 0.15) is 58.8 Å². The third-order valence-corrected chi connectivity index (χ3v) is 4.13. The van der Waals surface area contributed by atoms with E-state index in [2.05, 4.69) is 0 Å². The van der Waals surface area contributed by atoms with E-state index in [1.54, 1.807) is 0 Å². The smallest absolute Gasteiger partial charge is 0.242 e. The van der Waals surface area contributed by atoms with Gasteiger partial charge in [-0.3, -0.25) is 4.79 Å². The Hall–Kier alpha value is -0.570. The van der Waals surface area contributed by atoms with Crippen molar-refractivity contribution >= 4 is 5.91 Å². The van der Waals surface area contributed by atoms with Gasteiger partial charge in [0.15, 0.2) is 0 Å². The summed E-state index contributed by atoms with van der Waals surface area (Å²) in [5.41, 5.74) is 5.51. The highest BCUT2D eigenvalue weighted by Crippen LogP contribution is 2.24. The Kier molecular flexibility index (Phi) is 4.78. The van der Waals surface area contributed by atoms with Gasteiger partial charge in [0.25, 0.3) is 0 Å². The van der Waals surface area contributed by atoms with E-state index in [4.69, 9.17) is 5.73 Å². The molecule has 1 aliphatic rings. The molecule has 0 radical (unpaired) electrons. The van der Waals surface area contributed by atoms with E-state index >= 15 is 0 Å². The Morgan fingerprint density at radius 2 is 1.75 bits per heavy atom. The Morgan fingerprint density at radius 3 is 2.19 bits per heavy atom. The third-order valence-electron chi connectivity index (χ3n) is 4.13. The van der Waals surface area contributed by atoms with Gasteiger partial charge in [0.1, 0.15) is 0 Å². The van der Waals surface area contributed by atoms with E-state index in [0.29, 0.717) is 6.04 Å². The molecule has 0 aromatic heterocycles. The molecule has 0 unspecified atom stereocenters. The maximum atomic E-state index is 12.3. The zero-order chi connectivity index (χ0) is 12.2. The topological polar surface area (TPSA) is 46.3 Å². The van der Waals surface area contributed by atoms with Gasteiger partial charge < -0.3 is 10.6 Å². The van der Waals surface area contributed by atoms with Crippen LogP contribution in [0, 0.1) is 0 Å². The van der Waals surface area contributed by atoms with Crippen molar-refractivity contribution in [3.8, 4) is 0 Å². The van der Waals surface area contributed by atoms with Crippen LogP contribution in [0.3, 0.4) is 0 Å². The van der Waals surface area contributed by atoms with Crippen molar-refractivity contribution in [3.63, 3.8) is 0 Å². The second kappa shape index (κ2) is 5.67. The van der Waals surface area contributed by atoms with Crippen LogP contribution in [0.15, 0.2) is 0 Å². The summed E-state index contributed by atoms with van der Waals surface area (Å²) in [4.78, 5) is 14.2. The highest BCUT2D eigenvalue weighted by molar-refractivity contribution is 5.86. The number of likely N-dealkylation sites (N-methyl/N-ethyl adjacent to an activating group) is 1. The second-order valence-corrected chi connectivity index (χ2v) is 5.07. The summed E-state index contributed by atoms with van der Waals surface area (Å²) in [6.45, 7) is 3.99. The third kappa shape index (κ3) is 2.76. The number of nitrogens with zero attached hydrogens (tertiary/aromatic N) is 1. The summed E-state index contributed by atoms with van der Waals surface area (Å²) in [5, 5.41) is 0. The van der Waals surface area contributed by atoms with Crippen LogP contribution >= 0.6 is 0 Å². The fraction of sp³-hybridized carbons (Fsp3) is 0.923. The molecule has 0 atom stereocenters. The number of nitrogens with two attached hydrogens (primary N) is 1. The molecule has 0 saturated heterocycles. The lowest BCUT2D eigenvalue weighted by atomic mass is 9.89. The lowest BCUT2D eigenvalue weighted by molar-refractivity contribution is -0.138. The van der Waals surface area contributed by atoms with Crippen LogP contribution in [0.25, 0.3) is 0 Å². The highest BCUT2D eigenvalue weighted by Gasteiger charge is 2.35. The lowest BCUT2D eigenvalue weighted by Crippen LogP contribution is -2.56. The van der Waals surface area contributed by atoms with Crippen LogP contribution in [-0.4, -0.2) is 29.4 Å². The summed E-state index contributed by atoms with van der Waals surface area (Å²) < 4.78 is 0. The molecule has 94 valence electrons. The zero-order valence-electron chi connectivity index (χ0n) is 11.0. The van der Waals surface area contributed by atoms with Crippen LogP contribution in [-0.2, 0) is 4.79 Å². The Morgan fingerprint density at radius 1 is 1.25 bits per heavy atom. The van der Waals surface area contributed by atoms with Gasteiger partial charge in [0, 0.05) is 13.1 Å². The van der Waals surface area contributed by atoms with E-state index in [1.165, 1.54) is 19.3 Å². The number of rotatable bonds is 4. The molecule has 0 spiro atoms. The second-order valence-electron chi connectivity index (χ2n) is 5.07. The number of hydrogen-bond donors (Lipinski definition) is 1. The van der Waals surface area contributed by atoms with Crippen molar-refractivity contribution in [3.05, 3.63) is 0 Å². The fourth-order valence-corrected chi connectivity index (χ4v) is 2.54. The molecule has 0 heterocycles. The molecule has 1 saturated carbocycles. The summed E-state index contributed by atoms with van der Waals surface area (Å²) in [6, 6.07) is 0.419. The van der Waals surface area contributed by atoms with Gasteiger partial charge in [-0.15, -0.1) is 0 Å². The molecule has 1 amide bonds. The molecule has 1 fully saturated rings. The van der Waals surface area contributed by atoms with Crippen molar-refractivity contribution in [2.24, 2.45) is 5.73 Å². The monoisotopic (exact) mass is 226 g/mol. The standard InChI is InChI=1S/C13H26N2O/c1-4-13(14,5-2)12(16)15(3)11-9-7-6-8-10-11/h11H,4-10,14H2,1-3H3. The van der Waals surface area contributed by atoms with E-state index in [0.717, 1.165) is 25.7 Å². The molecule has 0 bridgehead atoms. The minimum atomic E-state index is -0.647. The van der Waals surface area contributed by atoms with Gasteiger partial charge in [0.2, 0.25) is 5.91 Å². The number of hydrogen-bond acceptors (Lipinski definition) is 2. The van der Waals surface area contributed by atoms with E-state index in [9.17, 15) is 4.79 Å². The van der Waals surface area contributed by atoms with Crippen LogP contribution in [0.4, 0.5) is 0 Å². The minimum absolute atomic E-state index is 0.129. The van der Waals surface area contributed by atoms with Crippen LogP contribution in [0.5, 0.6) is 0 Å². The first kappa shape index (κ1) is 13.5. The van der Waals surface area contributed by atoms with Crippen molar-refractivity contribution < 1.29 is 4.79 Å². The number of amides is 1. The van der Waals surface area contributed by atoms with Crippen molar-refractivity contribution in [2.45, 2.75) is 70.4 Å². The first-order valence-corrected chi connectivity index (χ1v) is 6.61. The SMILES string of the molecule is CCC(N)(CC)C(=O)N(C)C1CCCCC1. The largest absolute Gasteiger partial charge is 0.341 e. The van der Waals surface area contributed by atoms with Gasteiger partial charge in [-0.25, -0.2) is 0 Å². The van der Waals surface area contributed by atoms with Gasteiger partial charge >= 0.3 is 0 Å². The molecule has 0 aliphatic heterocycles. The Bertz CT molecular complexity index is 230. The molecular weight excluding hydrogens is 200 g/mol. The molecule has 1 rings (SSSR count). The van der Waals surface area contributed by atoms with Gasteiger partial charge in [-0.05, 0) is 25.7 Å². The molecule has 1 aliphatic carbocycles. The summed E-state index contributed by atoms with van der Waals surface area (Å²) in [6.07, 6.45) is 7.54. The quantitative estimate of drug-likeness (QED) is 0.799. The Balaban J connectivity index is 2.64. The van der Waals surface area contributed by atoms with Gasteiger partial charge in [0.05, 0.1) is 5.54 Å². The summed E-state index contributed by atoms with van der Waals surface area (Å²) in [7, 11) is 1.92. The average molecular weight is 226 g/mol. The zero-order valence-corrected chi connectivity index (χ0v) is 11.0. The van der Waals surface area contributed by atoms with Crippen LogP contribution in [0.2, 0.25) is 0 Å². The molecule has 2 N–H and O–H groups in total. The summed E-state index contributed by atoms with van der Waals surface area (Å²) >= 11 is 0. The molecule has 16 heavy (non-hydrogen) atoms. The van der Waals surface area contributed by atoms with E-state index < -0.39 is 5.54 Å². The normalized spacial score (nSPS) is 18.5. The molecule has 0 aromatic rings. The first-order valence-electron chi connectivity index (χ1n) is 6.61. The highest BCUT2D eigenvalue weighted by atomic mass is 16.2. The molecule has 0 aromatic carbocycles. The van der Waals surface area contributed by atoms with Crippen LogP contribution < -0.4 is 5.73 Å². The molecular formula is C13H26N2O. The summed E-state index contributed by atoms with van der Waals surface area (Å²) in [5.74, 6) is 0.129. The molecule has 3 heteroatoms. The van der Waals surface area contributed by atoms with E-state index in [-0.39, 0.29) is 5.91 Å². The number of carbonyl (C=O) groups excluding carboxylic acids is 1. The minimum Gasteiger partial charge on any atom is -0.341 e. The number of carbonyl (C=O) groups is 1. The average Bonchev–Trinajstić information content (AvgIpc) is 2.37.